The van der Waals surface area contributed by atoms with E-state index in [1.807, 2.05) is 19.1 Å². The molecule has 0 aliphatic heterocycles. The Morgan fingerprint density at radius 1 is 1.25 bits per heavy atom. The van der Waals surface area contributed by atoms with E-state index in [-0.39, 0.29) is 5.97 Å². The van der Waals surface area contributed by atoms with Gasteiger partial charge in [0.1, 0.15) is 6.33 Å². The van der Waals surface area contributed by atoms with Gasteiger partial charge in [0.25, 0.3) is 5.78 Å². The van der Waals surface area contributed by atoms with Crippen molar-refractivity contribution in [2.45, 2.75) is 6.92 Å². The summed E-state index contributed by atoms with van der Waals surface area (Å²) >= 11 is 0. The molecule has 0 aliphatic carbocycles. The molecule has 6 nitrogen and oxygen atoms in total. The van der Waals surface area contributed by atoms with Crippen molar-refractivity contribution in [2.24, 2.45) is 0 Å². The number of aromatic nitrogens is 4. The van der Waals surface area contributed by atoms with Crippen LogP contribution in [0.1, 0.15) is 15.9 Å². The number of ether oxygens (including phenoxy) is 1. The smallest absolute Gasteiger partial charge is 0.337 e. The molecule has 0 N–H and O–H groups in total. The number of benzene rings is 1. The Morgan fingerprint density at radius 2 is 2.10 bits per heavy atom. The van der Waals surface area contributed by atoms with Crippen LogP contribution in [0.3, 0.4) is 0 Å². The van der Waals surface area contributed by atoms with Crippen molar-refractivity contribution >= 4 is 11.7 Å². The van der Waals surface area contributed by atoms with E-state index >= 15 is 0 Å². The van der Waals surface area contributed by atoms with Gasteiger partial charge in [-0.2, -0.15) is 14.6 Å². The van der Waals surface area contributed by atoms with Gasteiger partial charge in [-0.1, -0.05) is 0 Å². The molecule has 1 aromatic carbocycles. The Bertz CT molecular complexity index is 795. The summed E-state index contributed by atoms with van der Waals surface area (Å²) in [6.45, 7) is 1.93. The maximum Gasteiger partial charge on any atom is 0.337 e. The molecule has 0 fully saturated rings. The van der Waals surface area contributed by atoms with E-state index in [0.717, 1.165) is 16.8 Å². The van der Waals surface area contributed by atoms with Crippen molar-refractivity contribution in [1.29, 1.82) is 0 Å². The van der Waals surface area contributed by atoms with Gasteiger partial charge in [0.15, 0.2) is 0 Å². The second kappa shape index (κ2) is 4.73. The number of methoxy groups -OCH3 is 1. The van der Waals surface area contributed by atoms with E-state index in [1.165, 1.54) is 13.4 Å². The molecule has 0 saturated carbocycles. The zero-order valence-electron chi connectivity index (χ0n) is 11.1. The predicted octanol–water partition coefficient (Wildman–Crippen LogP) is 1.89. The molecular weight excluding hydrogens is 256 g/mol. The Kier molecular flexibility index (Phi) is 2.90. The van der Waals surface area contributed by atoms with Gasteiger partial charge in [0, 0.05) is 11.8 Å². The first-order valence-electron chi connectivity index (χ1n) is 6.04. The first-order chi connectivity index (χ1) is 9.69. The number of fused-ring (bicyclic) bond motifs is 1. The molecule has 100 valence electrons. The molecule has 20 heavy (non-hydrogen) atoms. The van der Waals surface area contributed by atoms with Gasteiger partial charge in [-0.3, -0.25) is 0 Å². The molecule has 6 heteroatoms. The van der Waals surface area contributed by atoms with Crippen LogP contribution in [0.5, 0.6) is 0 Å². The third-order valence-electron chi connectivity index (χ3n) is 2.97. The Balaban J connectivity index is 2.21. The van der Waals surface area contributed by atoms with E-state index in [2.05, 4.69) is 15.1 Å². The fourth-order valence-electron chi connectivity index (χ4n) is 2.12. The molecule has 0 spiro atoms. The summed E-state index contributed by atoms with van der Waals surface area (Å²) in [4.78, 5) is 19.9. The van der Waals surface area contributed by atoms with E-state index in [0.29, 0.717) is 11.3 Å². The number of nitrogens with zero attached hydrogens (tertiary/aromatic N) is 4. The fraction of sp³-hybridized carbons (Fsp3) is 0.143. The summed E-state index contributed by atoms with van der Waals surface area (Å²) in [5.74, 6) is 0.155. The highest BCUT2D eigenvalue weighted by molar-refractivity contribution is 5.91. The summed E-state index contributed by atoms with van der Waals surface area (Å²) in [6.07, 6.45) is 3.11. The zero-order valence-corrected chi connectivity index (χ0v) is 11.1. The number of carbonyl (C=O) groups is 1. The maximum atomic E-state index is 11.7. The Labute approximate surface area is 115 Å². The van der Waals surface area contributed by atoms with Crippen molar-refractivity contribution in [1.82, 2.24) is 19.6 Å². The standard InChI is InChI=1S/C14H12N4O2/c1-9-5-10(7-11(6-9)13(19)20-2)12-3-4-15-14-16-8-17-18(12)14/h3-8H,1-2H3. The van der Waals surface area contributed by atoms with Crippen molar-refractivity contribution in [3.63, 3.8) is 0 Å². The zero-order chi connectivity index (χ0) is 14.1. The average molecular weight is 268 g/mol. The number of esters is 1. The van der Waals surface area contributed by atoms with Crippen LogP contribution in [0.2, 0.25) is 0 Å². The number of carbonyl (C=O) groups excluding carboxylic acids is 1. The third kappa shape index (κ3) is 2.01. The first-order valence-corrected chi connectivity index (χ1v) is 6.04. The first kappa shape index (κ1) is 12.3. The quantitative estimate of drug-likeness (QED) is 0.664. The van der Waals surface area contributed by atoms with Gasteiger partial charge in [-0.05, 0) is 36.8 Å². The predicted molar refractivity (Wildman–Crippen MR) is 72.3 cm³/mol. The number of hydrogen-bond donors (Lipinski definition) is 0. The normalized spacial score (nSPS) is 10.7. The van der Waals surface area contributed by atoms with Gasteiger partial charge in [-0.15, -0.1) is 0 Å². The number of aryl methyl sites for hydroxylation is 1. The molecule has 2 aromatic heterocycles. The molecule has 0 aliphatic rings. The van der Waals surface area contributed by atoms with Gasteiger partial charge >= 0.3 is 5.97 Å². The summed E-state index contributed by atoms with van der Waals surface area (Å²) in [5, 5.41) is 4.15. The molecule has 0 saturated heterocycles. The molecule has 0 amide bonds. The minimum atomic E-state index is -0.362. The molecule has 0 bridgehead atoms. The second-order valence-corrected chi connectivity index (χ2v) is 4.38. The third-order valence-corrected chi connectivity index (χ3v) is 2.97. The molecule has 0 radical (unpaired) electrons. The van der Waals surface area contributed by atoms with E-state index in [4.69, 9.17) is 4.74 Å². The van der Waals surface area contributed by atoms with E-state index < -0.39 is 0 Å². The lowest BCUT2D eigenvalue weighted by atomic mass is 10.0. The van der Waals surface area contributed by atoms with Gasteiger partial charge in [0.2, 0.25) is 0 Å². The van der Waals surface area contributed by atoms with Crippen LogP contribution in [0, 0.1) is 6.92 Å². The van der Waals surface area contributed by atoms with Crippen LogP contribution in [0.15, 0.2) is 36.8 Å². The summed E-state index contributed by atoms with van der Waals surface area (Å²) in [6, 6.07) is 7.37. The van der Waals surface area contributed by atoms with Gasteiger partial charge < -0.3 is 4.74 Å². The van der Waals surface area contributed by atoms with E-state index in [9.17, 15) is 4.79 Å². The monoisotopic (exact) mass is 268 g/mol. The molecule has 0 unspecified atom stereocenters. The highest BCUT2D eigenvalue weighted by Crippen LogP contribution is 2.22. The van der Waals surface area contributed by atoms with Crippen molar-refractivity contribution in [3.8, 4) is 11.3 Å². The summed E-state index contributed by atoms with van der Waals surface area (Å²) in [5.41, 5.74) is 3.16. The van der Waals surface area contributed by atoms with Crippen molar-refractivity contribution in [3.05, 3.63) is 47.9 Å². The van der Waals surface area contributed by atoms with Gasteiger partial charge in [-0.25, -0.2) is 9.78 Å². The van der Waals surface area contributed by atoms with Crippen LogP contribution in [0.25, 0.3) is 17.0 Å². The lowest BCUT2D eigenvalue weighted by Gasteiger charge is -2.07. The molecule has 3 aromatic rings. The Morgan fingerprint density at radius 3 is 2.90 bits per heavy atom. The SMILES string of the molecule is COC(=O)c1cc(C)cc(-c2ccnc3ncnn23)c1. The van der Waals surface area contributed by atoms with Crippen LogP contribution in [-0.2, 0) is 4.74 Å². The van der Waals surface area contributed by atoms with E-state index in [1.54, 1.807) is 22.8 Å². The summed E-state index contributed by atoms with van der Waals surface area (Å²) in [7, 11) is 1.37. The largest absolute Gasteiger partial charge is 0.465 e. The van der Waals surface area contributed by atoms with Crippen LogP contribution >= 0.6 is 0 Å². The van der Waals surface area contributed by atoms with Crippen molar-refractivity contribution in [2.75, 3.05) is 7.11 Å². The summed E-state index contributed by atoms with van der Waals surface area (Å²) < 4.78 is 6.40. The lowest BCUT2D eigenvalue weighted by molar-refractivity contribution is 0.0600. The minimum absolute atomic E-state index is 0.362. The molecule has 0 atom stereocenters. The Hall–Kier alpha value is -2.76. The van der Waals surface area contributed by atoms with Crippen LogP contribution in [-0.4, -0.2) is 32.7 Å². The van der Waals surface area contributed by atoms with Crippen molar-refractivity contribution < 1.29 is 9.53 Å². The second-order valence-electron chi connectivity index (χ2n) is 4.38. The van der Waals surface area contributed by atoms with Gasteiger partial charge in [0.05, 0.1) is 18.4 Å². The number of hydrogen-bond acceptors (Lipinski definition) is 5. The number of rotatable bonds is 2. The highest BCUT2D eigenvalue weighted by Gasteiger charge is 2.11. The van der Waals surface area contributed by atoms with Crippen LogP contribution in [0.4, 0.5) is 0 Å². The molecular formula is C14H12N4O2. The van der Waals surface area contributed by atoms with Crippen LogP contribution < -0.4 is 0 Å². The average Bonchev–Trinajstić information content (AvgIpc) is 2.94. The maximum absolute atomic E-state index is 11.7. The fourth-order valence-corrected chi connectivity index (χ4v) is 2.12. The minimum Gasteiger partial charge on any atom is -0.465 e. The highest BCUT2D eigenvalue weighted by atomic mass is 16.5. The topological polar surface area (TPSA) is 69.4 Å². The lowest BCUT2D eigenvalue weighted by Crippen LogP contribution is -2.03. The molecule has 2 heterocycles. The molecule has 3 rings (SSSR count).